The minimum atomic E-state index is 0.0885. The molecule has 1 aromatic heterocycles. The highest BCUT2D eigenvalue weighted by atomic mass is 15.3. The Labute approximate surface area is 144 Å². The van der Waals surface area contributed by atoms with Crippen molar-refractivity contribution in [2.24, 2.45) is 0 Å². The first-order chi connectivity index (χ1) is 11.4. The number of anilines is 1. The molecule has 0 atom stereocenters. The number of aryl methyl sites for hydroxylation is 1. The van der Waals surface area contributed by atoms with Crippen molar-refractivity contribution in [1.82, 2.24) is 4.98 Å². The van der Waals surface area contributed by atoms with Crippen molar-refractivity contribution in [3.05, 3.63) is 59.7 Å². The van der Waals surface area contributed by atoms with Crippen molar-refractivity contribution in [1.29, 1.82) is 0 Å². The molecular formula is C22H24N2. The van der Waals surface area contributed by atoms with Crippen LogP contribution in [0.15, 0.2) is 48.5 Å². The number of aromatic nitrogens is 1. The second-order valence-electron chi connectivity index (χ2n) is 7.74. The summed E-state index contributed by atoms with van der Waals surface area (Å²) in [4.78, 5) is 7.48. The van der Waals surface area contributed by atoms with E-state index in [1.165, 1.54) is 27.6 Å². The van der Waals surface area contributed by atoms with Gasteiger partial charge in [0, 0.05) is 23.0 Å². The maximum atomic E-state index is 5.03. The maximum absolute atomic E-state index is 5.03. The van der Waals surface area contributed by atoms with Gasteiger partial charge in [-0.2, -0.15) is 0 Å². The Morgan fingerprint density at radius 2 is 1.67 bits per heavy atom. The van der Waals surface area contributed by atoms with Crippen LogP contribution in [0.3, 0.4) is 0 Å². The molecule has 0 radical (unpaired) electrons. The molecule has 1 aliphatic heterocycles. The molecule has 2 heteroatoms. The zero-order chi connectivity index (χ0) is 16.9. The van der Waals surface area contributed by atoms with E-state index in [0.29, 0.717) is 0 Å². The molecule has 2 nitrogen and oxygen atoms in total. The van der Waals surface area contributed by atoms with Crippen LogP contribution < -0.4 is 4.90 Å². The van der Waals surface area contributed by atoms with Crippen LogP contribution in [0.2, 0.25) is 0 Å². The first-order valence-corrected chi connectivity index (χ1v) is 8.71. The van der Waals surface area contributed by atoms with Crippen molar-refractivity contribution < 1.29 is 0 Å². The van der Waals surface area contributed by atoms with E-state index >= 15 is 0 Å². The van der Waals surface area contributed by atoms with E-state index < -0.39 is 0 Å². The normalized spacial score (nSPS) is 14.2. The number of fused-ring (bicyclic) bond motifs is 2. The number of para-hydroxylation sites is 1. The third-order valence-electron chi connectivity index (χ3n) is 4.96. The summed E-state index contributed by atoms with van der Waals surface area (Å²) in [7, 11) is 0. The molecule has 0 N–H and O–H groups in total. The molecule has 0 aliphatic carbocycles. The van der Waals surface area contributed by atoms with E-state index in [2.05, 4.69) is 81.1 Å². The fourth-order valence-corrected chi connectivity index (χ4v) is 3.73. The summed E-state index contributed by atoms with van der Waals surface area (Å²) in [6.45, 7) is 9.99. The van der Waals surface area contributed by atoms with Gasteiger partial charge in [-0.25, -0.2) is 4.98 Å². The molecule has 2 aromatic carbocycles. The maximum Gasteiger partial charge on any atom is 0.133 e. The van der Waals surface area contributed by atoms with Gasteiger partial charge >= 0.3 is 0 Å². The fourth-order valence-electron chi connectivity index (χ4n) is 3.73. The van der Waals surface area contributed by atoms with Crippen molar-refractivity contribution in [3.8, 4) is 11.1 Å². The zero-order valence-electron chi connectivity index (χ0n) is 14.9. The van der Waals surface area contributed by atoms with Crippen molar-refractivity contribution in [3.63, 3.8) is 0 Å². The predicted molar refractivity (Wildman–Crippen MR) is 103 cm³/mol. The van der Waals surface area contributed by atoms with Crippen LogP contribution in [0.25, 0.3) is 22.0 Å². The Balaban J connectivity index is 2.03. The monoisotopic (exact) mass is 316 g/mol. The molecule has 4 rings (SSSR count). The Morgan fingerprint density at radius 1 is 0.958 bits per heavy atom. The van der Waals surface area contributed by atoms with E-state index in [9.17, 15) is 0 Å². The summed E-state index contributed by atoms with van der Waals surface area (Å²) in [6, 6.07) is 17.4. The van der Waals surface area contributed by atoms with Gasteiger partial charge < -0.3 is 4.90 Å². The Kier molecular flexibility index (Phi) is 3.38. The van der Waals surface area contributed by atoms with Crippen molar-refractivity contribution >= 4 is 16.7 Å². The molecule has 0 bridgehead atoms. The first-order valence-electron chi connectivity index (χ1n) is 8.71. The highest BCUT2D eigenvalue weighted by molar-refractivity contribution is 5.99. The molecule has 3 aromatic rings. The topological polar surface area (TPSA) is 16.1 Å². The lowest BCUT2D eigenvalue weighted by Gasteiger charge is -2.33. The Bertz CT molecular complexity index is 902. The quantitative estimate of drug-likeness (QED) is 0.600. The van der Waals surface area contributed by atoms with Crippen LogP contribution in [-0.4, -0.2) is 17.1 Å². The summed E-state index contributed by atoms with van der Waals surface area (Å²) in [5, 5.41) is 1.26. The lowest BCUT2D eigenvalue weighted by molar-refractivity contribution is 0.514. The Morgan fingerprint density at radius 3 is 2.38 bits per heavy atom. The molecule has 24 heavy (non-hydrogen) atoms. The van der Waals surface area contributed by atoms with Crippen molar-refractivity contribution in [2.45, 2.75) is 39.7 Å². The minimum Gasteiger partial charge on any atom is -0.351 e. The zero-order valence-corrected chi connectivity index (χ0v) is 14.9. The SMILES string of the molecule is Cc1ccc(-c2c3c(nc4ccccc24)N(C(C)(C)C)CC3)cc1. The molecule has 0 spiro atoms. The molecule has 0 unspecified atom stereocenters. The molecule has 0 saturated carbocycles. The predicted octanol–water partition coefficient (Wildman–Crippen LogP) is 5.37. The van der Waals surface area contributed by atoms with Gasteiger partial charge in [-0.05, 0) is 51.3 Å². The van der Waals surface area contributed by atoms with Crippen LogP contribution in [-0.2, 0) is 6.42 Å². The van der Waals surface area contributed by atoms with Gasteiger partial charge in [0.25, 0.3) is 0 Å². The molecule has 1 aliphatic rings. The number of hydrogen-bond acceptors (Lipinski definition) is 2. The summed E-state index contributed by atoms with van der Waals surface area (Å²) in [5.41, 5.74) is 6.53. The highest BCUT2D eigenvalue weighted by Gasteiger charge is 2.32. The highest BCUT2D eigenvalue weighted by Crippen LogP contribution is 2.41. The third kappa shape index (κ3) is 2.37. The molecular weight excluding hydrogens is 292 g/mol. The van der Waals surface area contributed by atoms with Gasteiger partial charge in [-0.1, -0.05) is 48.0 Å². The summed E-state index contributed by atoms with van der Waals surface area (Å²) < 4.78 is 0. The summed E-state index contributed by atoms with van der Waals surface area (Å²) in [6.07, 6.45) is 1.06. The summed E-state index contributed by atoms with van der Waals surface area (Å²) >= 11 is 0. The molecule has 0 amide bonds. The first kappa shape index (κ1) is 15.2. The third-order valence-corrected chi connectivity index (χ3v) is 4.96. The molecule has 2 heterocycles. The van der Waals surface area contributed by atoms with Crippen LogP contribution in [0.1, 0.15) is 31.9 Å². The van der Waals surface area contributed by atoms with E-state index in [-0.39, 0.29) is 5.54 Å². The lowest BCUT2D eigenvalue weighted by Crippen LogP contribution is -2.40. The molecule has 122 valence electrons. The Hall–Kier alpha value is -2.35. The van der Waals surface area contributed by atoms with Crippen LogP contribution in [0.4, 0.5) is 5.82 Å². The average molecular weight is 316 g/mol. The van der Waals surface area contributed by atoms with E-state index in [0.717, 1.165) is 24.3 Å². The van der Waals surface area contributed by atoms with E-state index in [1.807, 2.05) is 0 Å². The van der Waals surface area contributed by atoms with Crippen LogP contribution >= 0.6 is 0 Å². The number of benzene rings is 2. The smallest absolute Gasteiger partial charge is 0.133 e. The number of hydrogen-bond donors (Lipinski definition) is 0. The second-order valence-corrected chi connectivity index (χ2v) is 7.74. The molecule has 0 fully saturated rings. The number of nitrogens with zero attached hydrogens (tertiary/aromatic N) is 2. The largest absolute Gasteiger partial charge is 0.351 e. The van der Waals surface area contributed by atoms with Gasteiger partial charge in [-0.3, -0.25) is 0 Å². The number of pyridine rings is 1. The standard InChI is InChI=1S/C22H24N2/c1-15-9-11-16(12-10-15)20-17-7-5-6-8-19(17)23-21-18(20)13-14-24(21)22(2,3)4/h5-12H,13-14H2,1-4H3. The van der Waals surface area contributed by atoms with Crippen LogP contribution in [0, 0.1) is 6.92 Å². The molecule has 0 saturated heterocycles. The van der Waals surface area contributed by atoms with E-state index in [4.69, 9.17) is 4.98 Å². The second kappa shape index (κ2) is 5.34. The van der Waals surface area contributed by atoms with Gasteiger partial charge in [0.1, 0.15) is 5.82 Å². The minimum absolute atomic E-state index is 0.0885. The average Bonchev–Trinajstić information content (AvgIpc) is 2.97. The van der Waals surface area contributed by atoms with E-state index in [1.54, 1.807) is 0 Å². The number of rotatable bonds is 1. The van der Waals surface area contributed by atoms with Crippen molar-refractivity contribution in [2.75, 3.05) is 11.4 Å². The fraction of sp³-hybridized carbons (Fsp3) is 0.318. The van der Waals surface area contributed by atoms with Gasteiger partial charge in [0.15, 0.2) is 0 Å². The van der Waals surface area contributed by atoms with Gasteiger partial charge in [-0.15, -0.1) is 0 Å². The van der Waals surface area contributed by atoms with Gasteiger partial charge in [0.2, 0.25) is 0 Å². The lowest BCUT2D eigenvalue weighted by atomic mass is 9.94. The summed E-state index contributed by atoms with van der Waals surface area (Å²) in [5.74, 6) is 1.16. The van der Waals surface area contributed by atoms with Crippen LogP contribution in [0.5, 0.6) is 0 Å². The van der Waals surface area contributed by atoms with Gasteiger partial charge in [0.05, 0.1) is 5.52 Å².